The molecule has 1 aromatic rings. The van der Waals surface area contributed by atoms with Crippen LogP contribution in [0.3, 0.4) is 0 Å². The Morgan fingerprint density at radius 3 is 2.60 bits per heavy atom. The lowest BCUT2D eigenvalue weighted by Crippen LogP contribution is -2.31. The SMILES string of the molecule is O=C1OC(=O)C2C3CC(CC3SCc3ccccc3)C12. The fourth-order valence-corrected chi connectivity index (χ4v) is 5.68. The van der Waals surface area contributed by atoms with Crippen LogP contribution in [0.25, 0.3) is 0 Å². The van der Waals surface area contributed by atoms with Gasteiger partial charge >= 0.3 is 11.9 Å². The maximum atomic E-state index is 11.8. The second-order valence-electron chi connectivity index (χ2n) is 6.02. The molecule has 4 heteroatoms. The van der Waals surface area contributed by atoms with E-state index in [1.807, 2.05) is 17.8 Å². The average Bonchev–Trinajstić information content (AvgIpc) is 3.10. The summed E-state index contributed by atoms with van der Waals surface area (Å²) in [6, 6.07) is 10.4. The van der Waals surface area contributed by atoms with E-state index in [4.69, 9.17) is 4.74 Å². The van der Waals surface area contributed by atoms with Gasteiger partial charge in [0.05, 0.1) is 11.8 Å². The van der Waals surface area contributed by atoms with Gasteiger partial charge in [0.2, 0.25) is 0 Å². The third kappa shape index (κ3) is 1.81. The molecule has 0 spiro atoms. The summed E-state index contributed by atoms with van der Waals surface area (Å²) in [6.07, 6.45) is 2.09. The number of esters is 2. The summed E-state index contributed by atoms with van der Waals surface area (Å²) in [5.74, 6) is 0.900. The highest BCUT2D eigenvalue weighted by molar-refractivity contribution is 7.99. The molecule has 4 rings (SSSR count). The van der Waals surface area contributed by atoms with Crippen molar-refractivity contribution >= 4 is 23.7 Å². The quantitative estimate of drug-likeness (QED) is 0.633. The molecule has 0 radical (unpaired) electrons. The second kappa shape index (κ2) is 4.62. The van der Waals surface area contributed by atoms with Crippen LogP contribution in [0.15, 0.2) is 30.3 Å². The van der Waals surface area contributed by atoms with E-state index in [2.05, 4.69) is 24.3 Å². The highest BCUT2D eigenvalue weighted by atomic mass is 32.2. The van der Waals surface area contributed by atoms with Crippen LogP contribution < -0.4 is 0 Å². The normalized spacial score (nSPS) is 38.1. The van der Waals surface area contributed by atoms with Crippen molar-refractivity contribution in [2.75, 3.05) is 0 Å². The summed E-state index contributed by atoms with van der Waals surface area (Å²) in [7, 11) is 0. The predicted octanol–water partition coefficient (Wildman–Crippen LogP) is 2.64. The largest absolute Gasteiger partial charge is 0.393 e. The second-order valence-corrected chi connectivity index (χ2v) is 7.25. The van der Waals surface area contributed by atoms with Crippen molar-refractivity contribution in [3.05, 3.63) is 35.9 Å². The minimum absolute atomic E-state index is 0.124. The number of fused-ring (bicyclic) bond motifs is 5. The summed E-state index contributed by atoms with van der Waals surface area (Å²) >= 11 is 1.93. The Labute approximate surface area is 122 Å². The molecule has 2 bridgehead atoms. The lowest BCUT2D eigenvalue weighted by Gasteiger charge is -2.27. The van der Waals surface area contributed by atoms with E-state index in [-0.39, 0.29) is 23.8 Å². The third-order valence-corrected chi connectivity index (χ3v) is 6.47. The van der Waals surface area contributed by atoms with Crippen molar-refractivity contribution < 1.29 is 14.3 Å². The minimum Gasteiger partial charge on any atom is -0.393 e. The van der Waals surface area contributed by atoms with Crippen LogP contribution in [0.1, 0.15) is 18.4 Å². The van der Waals surface area contributed by atoms with Gasteiger partial charge in [-0.3, -0.25) is 9.59 Å². The van der Waals surface area contributed by atoms with Crippen LogP contribution in [-0.2, 0) is 20.1 Å². The predicted molar refractivity (Wildman–Crippen MR) is 75.8 cm³/mol. The molecule has 0 aromatic heterocycles. The topological polar surface area (TPSA) is 43.4 Å². The van der Waals surface area contributed by atoms with Gasteiger partial charge in [-0.15, -0.1) is 0 Å². The number of rotatable bonds is 3. The van der Waals surface area contributed by atoms with Gasteiger partial charge < -0.3 is 4.74 Å². The molecular formula is C16H16O3S. The summed E-state index contributed by atoms with van der Waals surface area (Å²) in [5, 5.41) is 0.500. The van der Waals surface area contributed by atoms with Crippen LogP contribution in [0, 0.1) is 23.7 Å². The number of ether oxygens (including phenoxy) is 1. The molecule has 20 heavy (non-hydrogen) atoms. The van der Waals surface area contributed by atoms with Crippen LogP contribution in [-0.4, -0.2) is 17.2 Å². The first kappa shape index (κ1) is 12.5. The summed E-state index contributed by atoms with van der Waals surface area (Å²) in [5.41, 5.74) is 1.32. The maximum Gasteiger partial charge on any atom is 0.317 e. The molecule has 5 atom stereocenters. The highest BCUT2D eigenvalue weighted by Gasteiger charge is 2.62. The molecule has 5 unspecified atom stereocenters. The van der Waals surface area contributed by atoms with Crippen molar-refractivity contribution in [2.24, 2.45) is 23.7 Å². The zero-order valence-corrected chi connectivity index (χ0v) is 11.8. The molecule has 2 aliphatic carbocycles. The Morgan fingerprint density at radius 1 is 1.05 bits per heavy atom. The highest BCUT2D eigenvalue weighted by Crippen LogP contribution is 2.58. The molecule has 3 nitrogen and oxygen atoms in total. The number of carbonyl (C=O) groups excluding carboxylic acids is 2. The Balaban J connectivity index is 1.45. The van der Waals surface area contributed by atoms with Gasteiger partial charge in [0, 0.05) is 11.0 Å². The van der Waals surface area contributed by atoms with Gasteiger partial charge in [-0.05, 0) is 30.2 Å². The molecule has 3 aliphatic rings. The molecule has 0 N–H and O–H groups in total. The molecule has 1 aliphatic heterocycles. The average molecular weight is 288 g/mol. The van der Waals surface area contributed by atoms with Gasteiger partial charge in [0.25, 0.3) is 0 Å². The van der Waals surface area contributed by atoms with Gasteiger partial charge in [-0.1, -0.05) is 30.3 Å². The summed E-state index contributed by atoms with van der Waals surface area (Å²) < 4.78 is 4.83. The lowest BCUT2D eigenvalue weighted by molar-refractivity contribution is -0.154. The maximum absolute atomic E-state index is 11.8. The third-order valence-electron chi connectivity index (χ3n) is 5.00. The summed E-state index contributed by atoms with van der Waals surface area (Å²) in [6.45, 7) is 0. The Hall–Kier alpha value is -1.29. The number of hydrogen-bond donors (Lipinski definition) is 0. The number of benzene rings is 1. The molecule has 104 valence electrons. The minimum atomic E-state index is -0.266. The van der Waals surface area contributed by atoms with E-state index in [1.54, 1.807) is 0 Å². The molecule has 1 aromatic carbocycles. The van der Waals surface area contributed by atoms with E-state index in [9.17, 15) is 9.59 Å². The van der Waals surface area contributed by atoms with Crippen molar-refractivity contribution in [2.45, 2.75) is 23.8 Å². The smallest absolute Gasteiger partial charge is 0.317 e. The van der Waals surface area contributed by atoms with Crippen LogP contribution >= 0.6 is 11.8 Å². The molecule has 1 saturated heterocycles. The van der Waals surface area contributed by atoms with E-state index in [1.165, 1.54) is 5.56 Å². The lowest BCUT2D eigenvalue weighted by atomic mass is 9.81. The van der Waals surface area contributed by atoms with Crippen molar-refractivity contribution in [1.82, 2.24) is 0 Å². The molecule has 0 amide bonds. The number of cyclic esters (lactones) is 2. The van der Waals surface area contributed by atoms with Crippen molar-refractivity contribution in [1.29, 1.82) is 0 Å². The van der Waals surface area contributed by atoms with Gasteiger partial charge in [-0.25, -0.2) is 0 Å². The van der Waals surface area contributed by atoms with E-state index in [0.717, 1.165) is 18.6 Å². The van der Waals surface area contributed by atoms with Gasteiger partial charge in [-0.2, -0.15) is 11.8 Å². The van der Waals surface area contributed by atoms with E-state index < -0.39 is 0 Å². The van der Waals surface area contributed by atoms with E-state index >= 15 is 0 Å². The molecule has 1 heterocycles. The number of thioether (sulfide) groups is 1. The van der Waals surface area contributed by atoms with Crippen LogP contribution in [0.4, 0.5) is 0 Å². The van der Waals surface area contributed by atoms with Gasteiger partial charge in [0.15, 0.2) is 0 Å². The zero-order valence-electron chi connectivity index (χ0n) is 11.0. The first-order valence-corrected chi connectivity index (χ1v) is 8.20. The standard InChI is InChI=1S/C16H16O3S/c17-15-13-10-6-11(14(13)16(18)19-15)12(7-10)20-8-9-4-2-1-3-5-9/h1-5,10-14H,6-8H2. The van der Waals surface area contributed by atoms with Gasteiger partial charge in [0.1, 0.15) is 0 Å². The first-order chi connectivity index (χ1) is 9.74. The first-order valence-electron chi connectivity index (χ1n) is 7.15. The summed E-state index contributed by atoms with van der Waals surface area (Å²) in [4.78, 5) is 23.5. The Kier molecular flexibility index (Phi) is 2.88. The Bertz CT molecular complexity index is 556. The monoisotopic (exact) mass is 288 g/mol. The molecular weight excluding hydrogens is 272 g/mol. The number of carbonyl (C=O) groups is 2. The molecule has 3 fully saturated rings. The number of hydrogen-bond acceptors (Lipinski definition) is 4. The fourth-order valence-electron chi connectivity index (χ4n) is 4.17. The van der Waals surface area contributed by atoms with Crippen LogP contribution in [0.2, 0.25) is 0 Å². The zero-order chi connectivity index (χ0) is 13.7. The fraction of sp³-hybridized carbons (Fsp3) is 0.500. The van der Waals surface area contributed by atoms with Crippen LogP contribution in [0.5, 0.6) is 0 Å². The van der Waals surface area contributed by atoms with Crippen molar-refractivity contribution in [3.63, 3.8) is 0 Å². The van der Waals surface area contributed by atoms with Crippen molar-refractivity contribution in [3.8, 4) is 0 Å². The van der Waals surface area contributed by atoms with E-state index in [0.29, 0.717) is 17.1 Å². The Morgan fingerprint density at radius 2 is 1.80 bits per heavy atom. The molecule has 2 saturated carbocycles.